The molecule has 1 aromatic heterocycles. The Hall–Kier alpha value is -2.93. The van der Waals surface area contributed by atoms with E-state index in [0.717, 1.165) is 15.7 Å². The maximum absolute atomic E-state index is 11.9. The van der Waals surface area contributed by atoms with Crippen molar-refractivity contribution in [3.8, 4) is 0 Å². The number of benzene rings is 2. The van der Waals surface area contributed by atoms with Crippen molar-refractivity contribution in [2.45, 2.75) is 6.92 Å². The Labute approximate surface area is 153 Å². The van der Waals surface area contributed by atoms with Crippen molar-refractivity contribution >= 4 is 45.0 Å². The van der Waals surface area contributed by atoms with Crippen molar-refractivity contribution in [3.63, 3.8) is 0 Å². The van der Waals surface area contributed by atoms with Crippen molar-refractivity contribution in [2.75, 3.05) is 16.0 Å². The summed E-state index contributed by atoms with van der Waals surface area (Å²) in [5.74, 6) is 0.945. The molecule has 0 fully saturated rings. The summed E-state index contributed by atoms with van der Waals surface area (Å²) in [6.07, 6.45) is 0. The Morgan fingerprint density at radius 2 is 1.64 bits per heavy atom. The molecule has 0 saturated heterocycles. The summed E-state index contributed by atoms with van der Waals surface area (Å²) in [5, 5.41) is 16.6. The van der Waals surface area contributed by atoms with Crippen LogP contribution in [0.3, 0.4) is 0 Å². The van der Waals surface area contributed by atoms with E-state index in [1.54, 1.807) is 24.3 Å². The number of nitrogens with zero attached hydrogens (tertiary/aromatic N) is 2. The molecule has 7 heteroatoms. The molecule has 3 aromatic rings. The fourth-order valence-corrected chi connectivity index (χ4v) is 2.72. The summed E-state index contributed by atoms with van der Waals surface area (Å²) in [7, 11) is 0. The van der Waals surface area contributed by atoms with Crippen LogP contribution < -0.4 is 16.0 Å². The maximum atomic E-state index is 11.9. The molecular weight excluding hydrogens is 382 g/mol. The van der Waals surface area contributed by atoms with Crippen LogP contribution in [0.2, 0.25) is 0 Å². The zero-order valence-electron chi connectivity index (χ0n) is 13.5. The van der Waals surface area contributed by atoms with Crippen LogP contribution in [-0.4, -0.2) is 16.2 Å². The highest BCUT2D eigenvalue weighted by atomic mass is 79.9. The van der Waals surface area contributed by atoms with Gasteiger partial charge in [-0.05, 0) is 64.8 Å². The first-order chi connectivity index (χ1) is 12.1. The molecule has 0 aliphatic heterocycles. The van der Waals surface area contributed by atoms with Crippen LogP contribution in [-0.2, 0) is 0 Å². The molecule has 0 spiro atoms. The predicted molar refractivity (Wildman–Crippen MR) is 103 cm³/mol. The third-order valence-corrected chi connectivity index (χ3v) is 3.98. The molecule has 25 heavy (non-hydrogen) atoms. The summed E-state index contributed by atoms with van der Waals surface area (Å²) in [5.41, 5.74) is 2.75. The number of hydrogen-bond donors (Lipinski definition) is 3. The van der Waals surface area contributed by atoms with Crippen LogP contribution in [0.4, 0.5) is 27.8 Å². The minimum Gasteiger partial charge on any atom is -0.338 e. The lowest BCUT2D eigenvalue weighted by atomic mass is 10.2. The fourth-order valence-electron chi connectivity index (χ4n) is 2.13. The van der Waals surface area contributed by atoms with E-state index in [2.05, 4.69) is 42.1 Å². The van der Waals surface area contributed by atoms with Crippen molar-refractivity contribution in [1.29, 1.82) is 0 Å². The summed E-state index contributed by atoms with van der Waals surface area (Å²) in [4.78, 5) is 11.9. The minimum absolute atomic E-state index is 0.363. The first kappa shape index (κ1) is 16.9. The topological polar surface area (TPSA) is 78.9 Å². The van der Waals surface area contributed by atoms with Gasteiger partial charge in [0, 0.05) is 10.2 Å². The Morgan fingerprint density at radius 1 is 0.920 bits per heavy atom. The number of urea groups is 1. The number of carbonyl (C=O) groups excluding carboxylic acids is 1. The average Bonchev–Trinajstić information content (AvgIpc) is 2.60. The molecule has 3 N–H and O–H groups in total. The van der Waals surface area contributed by atoms with E-state index in [1.165, 1.54) is 0 Å². The molecule has 0 aliphatic rings. The highest BCUT2D eigenvalue weighted by Gasteiger charge is 2.06. The SMILES string of the molecule is Cc1ccc(Nc2ccc(NC(=O)Nc3ccccc3)nn2)c(Br)c1. The van der Waals surface area contributed by atoms with Crippen molar-refractivity contribution < 1.29 is 4.79 Å². The van der Waals surface area contributed by atoms with E-state index in [9.17, 15) is 4.79 Å². The number of hydrogen-bond acceptors (Lipinski definition) is 4. The van der Waals surface area contributed by atoms with Gasteiger partial charge in [-0.25, -0.2) is 4.79 Å². The highest BCUT2D eigenvalue weighted by Crippen LogP contribution is 2.26. The van der Waals surface area contributed by atoms with Gasteiger partial charge in [-0.2, -0.15) is 0 Å². The van der Waals surface area contributed by atoms with Gasteiger partial charge in [-0.15, -0.1) is 10.2 Å². The first-order valence-electron chi connectivity index (χ1n) is 7.60. The van der Waals surface area contributed by atoms with Crippen LogP contribution in [0.25, 0.3) is 0 Å². The first-order valence-corrected chi connectivity index (χ1v) is 8.39. The van der Waals surface area contributed by atoms with E-state index < -0.39 is 0 Å². The molecule has 0 bridgehead atoms. The number of para-hydroxylation sites is 1. The van der Waals surface area contributed by atoms with Crippen LogP contribution in [0.1, 0.15) is 5.56 Å². The van der Waals surface area contributed by atoms with Crippen LogP contribution in [0, 0.1) is 6.92 Å². The normalized spacial score (nSPS) is 10.2. The standard InChI is InChI=1S/C18H16BrN5O/c1-12-7-8-15(14(19)11-12)21-16-9-10-17(24-23-16)22-18(25)20-13-5-3-2-4-6-13/h2-11H,1H3,(H,21,23)(H2,20,22,24,25). The zero-order chi connectivity index (χ0) is 17.6. The Morgan fingerprint density at radius 3 is 2.32 bits per heavy atom. The lowest BCUT2D eigenvalue weighted by Crippen LogP contribution is -2.20. The molecule has 2 aromatic carbocycles. The predicted octanol–water partition coefficient (Wildman–Crippen LogP) is 4.94. The molecule has 0 atom stereocenters. The van der Waals surface area contributed by atoms with Crippen molar-refractivity contribution in [3.05, 3.63) is 70.7 Å². The third-order valence-electron chi connectivity index (χ3n) is 3.33. The Kier molecular flexibility index (Phi) is 5.25. The lowest BCUT2D eigenvalue weighted by Gasteiger charge is -2.09. The second-order valence-corrected chi connectivity index (χ2v) is 6.21. The van der Waals surface area contributed by atoms with Crippen LogP contribution in [0.5, 0.6) is 0 Å². The molecule has 0 unspecified atom stereocenters. The van der Waals surface area contributed by atoms with Gasteiger partial charge in [-0.1, -0.05) is 24.3 Å². The number of anilines is 4. The van der Waals surface area contributed by atoms with Gasteiger partial charge in [0.15, 0.2) is 11.6 Å². The molecule has 6 nitrogen and oxygen atoms in total. The quantitative estimate of drug-likeness (QED) is 0.582. The second-order valence-electron chi connectivity index (χ2n) is 5.36. The summed E-state index contributed by atoms with van der Waals surface area (Å²) in [6, 6.07) is 18.2. The number of amides is 2. The number of nitrogens with one attached hydrogen (secondary N) is 3. The van der Waals surface area contributed by atoms with E-state index in [1.807, 2.05) is 43.3 Å². The fraction of sp³-hybridized carbons (Fsp3) is 0.0556. The summed E-state index contributed by atoms with van der Waals surface area (Å²) < 4.78 is 0.943. The number of halogens is 1. The van der Waals surface area contributed by atoms with Gasteiger partial charge in [0.25, 0.3) is 0 Å². The van der Waals surface area contributed by atoms with Gasteiger partial charge in [0.1, 0.15) is 0 Å². The largest absolute Gasteiger partial charge is 0.338 e. The van der Waals surface area contributed by atoms with Gasteiger partial charge < -0.3 is 10.6 Å². The number of aryl methyl sites for hydroxylation is 1. The van der Waals surface area contributed by atoms with Gasteiger partial charge >= 0.3 is 6.03 Å². The average molecular weight is 398 g/mol. The molecule has 0 radical (unpaired) electrons. The number of rotatable bonds is 4. The monoisotopic (exact) mass is 397 g/mol. The van der Waals surface area contributed by atoms with Crippen molar-refractivity contribution in [2.24, 2.45) is 0 Å². The molecule has 3 rings (SSSR count). The van der Waals surface area contributed by atoms with Gasteiger partial charge in [0.2, 0.25) is 0 Å². The molecular formula is C18H16BrN5O. The molecule has 126 valence electrons. The lowest BCUT2D eigenvalue weighted by molar-refractivity contribution is 0.262. The van der Waals surface area contributed by atoms with E-state index >= 15 is 0 Å². The Balaban J connectivity index is 1.61. The van der Waals surface area contributed by atoms with Gasteiger partial charge in [-0.3, -0.25) is 5.32 Å². The van der Waals surface area contributed by atoms with E-state index in [0.29, 0.717) is 17.3 Å². The summed E-state index contributed by atoms with van der Waals surface area (Å²) in [6.45, 7) is 2.02. The van der Waals surface area contributed by atoms with Crippen molar-refractivity contribution in [1.82, 2.24) is 10.2 Å². The van der Waals surface area contributed by atoms with Crippen LogP contribution >= 0.6 is 15.9 Å². The smallest absolute Gasteiger partial charge is 0.324 e. The third kappa shape index (κ3) is 4.77. The molecule has 0 saturated carbocycles. The van der Waals surface area contributed by atoms with E-state index in [-0.39, 0.29) is 6.03 Å². The maximum Gasteiger partial charge on any atom is 0.324 e. The highest BCUT2D eigenvalue weighted by molar-refractivity contribution is 9.10. The van der Waals surface area contributed by atoms with E-state index in [4.69, 9.17) is 0 Å². The second kappa shape index (κ2) is 7.76. The molecule has 1 heterocycles. The number of aromatic nitrogens is 2. The minimum atomic E-state index is -0.373. The zero-order valence-corrected chi connectivity index (χ0v) is 15.0. The Bertz CT molecular complexity index is 868. The van der Waals surface area contributed by atoms with Gasteiger partial charge in [0.05, 0.1) is 5.69 Å². The molecule has 2 amide bonds. The van der Waals surface area contributed by atoms with Crippen LogP contribution in [0.15, 0.2) is 65.1 Å². The summed E-state index contributed by atoms with van der Waals surface area (Å²) >= 11 is 3.51. The number of carbonyl (C=O) groups is 1. The molecule has 0 aliphatic carbocycles.